The Morgan fingerprint density at radius 2 is 1.97 bits per heavy atom. The number of piperidine rings is 1. The fourth-order valence-corrected chi connectivity index (χ4v) is 5.93. The standard InChI is InChI=1S/C21H31N3O5S/c1-14-9-10-22-21-20(14)15-5-7-16(8-6-15)28-12-18-17(23-30(2,26)27)4-3-11-24(18)19(25)13-29-21/h9-10,15-18,23H,3-8,11-13H2,1-2H3/t15?,16?,17-,18?/m0/s1. The number of nitrogens with zero attached hydrogens (tertiary/aromatic N) is 2. The summed E-state index contributed by atoms with van der Waals surface area (Å²) in [5, 5.41) is 0. The van der Waals surface area contributed by atoms with Crippen LogP contribution in [0.25, 0.3) is 0 Å². The molecular weight excluding hydrogens is 406 g/mol. The number of aromatic nitrogens is 1. The van der Waals surface area contributed by atoms with Crippen LogP contribution in [0.3, 0.4) is 0 Å². The monoisotopic (exact) mass is 437 g/mol. The number of ether oxygens (including phenoxy) is 2. The van der Waals surface area contributed by atoms with Crippen molar-refractivity contribution in [2.24, 2.45) is 0 Å². The molecule has 4 heterocycles. The average molecular weight is 438 g/mol. The van der Waals surface area contributed by atoms with Gasteiger partial charge in [-0.3, -0.25) is 4.79 Å². The highest BCUT2D eigenvalue weighted by molar-refractivity contribution is 7.88. The Morgan fingerprint density at radius 1 is 1.20 bits per heavy atom. The summed E-state index contributed by atoms with van der Waals surface area (Å²) in [6.45, 7) is 2.86. The van der Waals surface area contributed by atoms with E-state index >= 15 is 0 Å². The number of aryl methyl sites for hydroxylation is 1. The molecule has 1 aliphatic carbocycles. The van der Waals surface area contributed by atoms with Gasteiger partial charge in [-0.1, -0.05) is 0 Å². The number of sulfonamides is 1. The van der Waals surface area contributed by atoms with Crippen LogP contribution in [-0.2, 0) is 19.6 Å². The van der Waals surface area contributed by atoms with E-state index in [4.69, 9.17) is 9.47 Å². The first-order valence-corrected chi connectivity index (χ1v) is 12.7. The summed E-state index contributed by atoms with van der Waals surface area (Å²) in [4.78, 5) is 19.2. The van der Waals surface area contributed by atoms with Crippen molar-refractivity contribution in [2.45, 2.75) is 69.6 Å². The summed E-state index contributed by atoms with van der Waals surface area (Å²) < 4.78 is 38.7. The van der Waals surface area contributed by atoms with E-state index in [1.165, 1.54) is 0 Å². The molecule has 5 rings (SSSR count). The Kier molecular flexibility index (Phi) is 6.31. The lowest BCUT2D eigenvalue weighted by molar-refractivity contribution is -0.140. The summed E-state index contributed by atoms with van der Waals surface area (Å²) in [5.41, 5.74) is 2.25. The number of hydrogen-bond donors (Lipinski definition) is 1. The van der Waals surface area contributed by atoms with Crippen molar-refractivity contribution in [3.8, 4) is 5.88 Å². The lowest BCUT2D eigenvalue weighted by Gasteiger charge is -2.41. The minimum atomic E-state index is -3.39. The largest absolute Gasteiger partial charge is 0.467 e. The molecule has 0 spiro atoms. The summed E-state index contributed by atoms with van der Waals surface area (Å²) in [5.74, 6) is 0.738. The van der Waals surface area contributed by atoms with Crippen molar-refractivity contribution >= 4 is 15.9 Å². The number of amides is 1. The SMILES string of the molecule is Cc1ccnc2c1C1CCC(CC1)OCC1[C@@H](NS(C)(=O)=O)CCCN1C(=O)CO2. The first-order valence-electron chi connectivity index (χ1n) is 10.8. The molecule has 2 atom stereocenters. The van der Waals surface area contributed by atoms with E-state index in [1.807, 2.05) is 6.07 Å². The summed E-state index contributed by atoms with van der Waals surface area (Å²) in [7, 11) is -3.39. The second-order valence-electron chi connectivity index (χ2n) is 8.74. The lowest BCUT2D eigenvalue weighted by Crippen LogP contribution is -2.59. The van der Waals surface area contributed by atoms with Gasteiger partial charge in [-0.25, -0.2) is 18.1 Å². The molecule has 8 nitrogen and oxygen atoms in total. The van der Waals surface area contributed by atoms with E-state index in [-0.39, 0.29) is 30.7 Å². The van der Waals surface area contributed by atoms with Gasteiger partial charge in [0.1, 0.15) is 0 Å². The number of hydrogen-bond acceptors (Lipinski definition) is 6. The Morgan fingerprint density at radius 3 is 2.70 bits per heavy atom. The molecule has 1 aromatic rings. The molecule has 9 heteroatoms. The second kappa shape index (κ2) is 8.80. The molecule has 1 N–H and O–H groups in total. The van der Waals surface area contributed by atoms with Crippen LogP contribution in [0, 0.1) is 6.92 Å². The van der Waals surface area contributed by atoms with Crippen molar-refractivity contribution in [3.63, 3.8) is 0 Å². The molecule has 1 unspecified atom stereocenters. The molecule has 2 fully saturated rings. The Labute approximate surface area is 178 Å². The average Bonchev–Trinajstić information content (AvgIpc) is 2.71. The molecule has 3 aliphatic heterocycles. The van der Waals surface area contributed by atoms with Gasteiger partial charge in [-0.15, -0.1) is 0 Å². The fraction of sp³-hybridized carbons (Fsp3) is 0.714. The number of nitrogens with one attached hydrogen (secondary N) is 1. The molecule has 2 bridgehead atoms. The maximum absolute atomic E-state index is 13.1. The molecule has 166 valence electrons. The zero-order chi connectivity index (χ0) is 21.3. The van der Waals surface area contributed by atoms with Crippen molar-refractivity contribution in [1.82, 2.24) is 14.6 Å². The van der Waals surface area contributed by atoms with Gasteiger partial charge in [0, 0.05) is 24.3 Å². The van der Waals surface area contributed by atoms with E-state index in [0.29, 0.717) is 31.4 Å². The lowest BCUT2D eigenvalue weighted by atomic mass is 9.81. The topological polar surface area (TPSA) is 97.8 Å². The first-order chi connectivity index (χ1) is 14.3. The van der Waals surface area contributed by atoms with Crippen molar-refractivity contribution < 1.29 is 22.7 Å². The van der Waals surface area contributed by atoms with E-state index in [9.17, 15) is 13.2 Å². The molecule has 1 amide bonds. The van der Waals surface area contributed by atoms with Gasteiger partial charge in [0.2, 0.25) is 15.9 Å². The molecule has 1 saturated carbocycles. The summed E-state index contributed by atoms with van der Waals surface area (Å²) in [6.07, 6.45) is 8.26. The van der Waals surface area contributed by atoms with E-state index < -0.39 is 10.0 Å². The Hall–Kier alpha value is -1.71. The highest BCUT2D eigenvalue weighted by Gasteiger charge is 2.38. The van der Waals surface area contributed by atoms with Gasteiger partial charge in [-0.2, -0.15) is 0 Å². The zero-order valence-electron chi connectivity index (χ0n) is 17.7. The molecule has 1 aromatic heterocycles. The minimum absolute atomic E-state index is 0.109. The predicted molar refractivity (Wildman–Crippen MR) is 112 cm³/mol. The minimum Gasteiger partial charge on any atom is -0.467 e. The number of pyridine rings is 1. The van der Waals surface area contributed by atoms with Crippen LogP contribution in [0.4, 0.5) is 0 Å². The van der Waals surface area contributed by atoms with E-state index in [1.54, 1.807) is 11.1 Å². The van der Waals surface area contributed by atoms with Crippen molar-refractivity contribution in [2.75, 3.05) is 26.0 Å². The Bertz CT molecular complexity index is 883. The first kappa shape index (κ1) is 21.5. The molecule has 1 saturated heterocycles. The summed E-state index contributed by atoms with van der Waals surface area (Å²) in [6, 6.07) is 1.30. The molecule has 4 aliphatic rings. The van der Waals surface area contributed by atoms with Crippen LogP contribution in [0.1, 0.15) is 55.6 Å². The molecular formula is C21H31N3O5S. The third-order valence-electron chi connectivity index (χ3n) is 6.55. The van der Waals surface area contributed by atoms with Crippen molar-refractivity contribution in [1.29, 1.82) is 0 Å². The third kappa shape index (κ3) is 4.78. The van der Waals surface area contributed by atoms with Crippen LogP contribution in [0.15, 0.2) is 12.3 Å². The van der Waals surface area contributed by atoms with E-state index in [2.05, 4.69) is 16.6 Å². The maximum Gasteiger partial charge on any atom is 0.260 e. The molecule has 0 radical (unpaired) electrons. The van der Waals surface area contributed by atoms with Gasteiger partial charge < -0.3 is 14.4 Å². The highest BCUT2D eigenvalue weighted by Crippen LogP contribution is 2.39. The van der Waals surface area contributed by atoms with Gasteiger partial charge in [-0.05, 0) is 63.0 Å². The van der Waals surface area contributed by atoms with Crippen molar-refractivity contribution in [3.05, 3.63) is 23.4 Å². The smallest absolute Gasteiger partial charge is 0.260 e. The van der Waals surface area contributed by atoms with Gasteiger partial charge in [0.05, 0.1) is 25.0 Å². The molecule has 0 aromatic carbocycles. The third-order valence-corrected chi connectivity index (χ3v) is 7.28. The Balaban J connectivity index is 1.63. The van der Waals surface area contributed by atoms with Gasteiger partial charge in [0.15, 0.2) is 6.61 Å². The predicted octanol–water partition coefficient (Wildman–Crippen LogP) is 1.73. The highest BCUT2D eigenvalue weighted by atomic mass is 32.2. The van der Waals surface area contributed by atoms with Crippen LogP contribution < -0.4 is 9.46 Å². The van der Waals surface area contributed by atoms with Gasteiger partial charge in [0.25, 0.3) is 5.91 Å². The van der Waals surface area contributed by atoms with E-state index in [0.717, 1.165) is 49.5 Å². The maximum atomic E-state index is 13.1. The van der Waals surface area contributed by atoms with Gasteiger partial charge >= 0.3 is 0 Å². The number of carbonyl (C=O) groups is 1. The normalized spacial score (nSPS) is 30.3. The summed E-state index contributed by atoms with van der Waals surface area (Å²) >= 11 is 0. The number of carbonyl (C=O) groups excluding carboxylic acids is 1. The van der Waals surface area contributed by atoms with Crippen LogP contribution in [-0.4, -0.2) is 68.4 Å². The van der Waals surface area contributed by atoms with Crippen LogP contribution in [0.2, 0.25) is 0 Å². The second-order valence-corrected chi connectivity index (χ2v) is 10.5. The number of rotatable bonds is 2. The number of fused-ring (bicyclic) bond motifs is 5. The fourth-order valence-electron chi connectivity index (χ4n) is 5.11. The molecule has 30 heavy (non-hydrogen) atoms. The quantitative estimate of drug-likeness (QED) is 0.757. The van der Waals surface area contributed by atoms with Crippen LogP contribution >= 0.6 is 0 Å². The van der Waals surface area contributed by atoms with Crippen LogP contribution in [0.5, 0.6) is 5.88 Å². The zero-order valence-corrected chi connectivity index (χ0v) is 18.5.